The average Bonchev–Trinajstić information content (AvgIpc) is 2.75. The van der Waals surface area contributed by atoms with Crippen LogP contribution in [-0.2, 0) is 4.79 Å². The van der Waals surface area contributed by atoms with E-state index in [0.29, 0.717) is 17.9 Å². The number of rotatable bonds is 6. The Kier molecular flexibility index (Phi) is 4.84. The Hall–Kier alpha value is -0.570. The van der Waals surface area contributed by atoms with E-state index < -0.39 is 0 Å². The summed E-state index contributed by atoms with van der Waals surface area (Å²) in [6.45, 7) is 5.15. The SMILES string of the molecule is CCCN(CC1CCCN1)C(=O)CC1CCC1. The predicted octanol–water partition coefficient (Wildman–Crippen LogP) is 2.17. The Morgan fingerprint density at radius 1 is 1.29 bits per heavy atom. The van der Waals surface area contributed by atoms with Crippen molar-refractivity contribution in [3.63, 3.8) is 0 Å². The maximum atomic E-state index is 12.2. The molecule has 1 amide bonds. The molecule has 1 atom stereocenters. The minimum absolute atomic E-state index is 0.394. The van der Waals surface area contributed by atoms with Gasteiger partial charge in [0.2, 0.25) is 5.91 Å². The number of carbonyl (C=O) groups excluding carboxylic acids is 1. The zero-order valence-electron chi connectivity index (χ0n) is 11.1. The first kappa shape index (κ1) is 12.9. The molecular formula is C14H26N2O. The van der Waals surface area contributed by atoms with Crippen molar-refractivity contribution >= 4 is 5.91 Å². The van der Waals surface area contributed by atoms with E-state index in [1.54, 1.807) is 0 Å². The first-order chi connectivity index (χ1) is 8.29. The fraction of sp³-hybridized carbons (Fsp3) is 0.929. The highest BCUT2D eigenvalue weighted by Gasteiger charge is 2.25. The molecule has 0 spiro atoms. The zero-order valence-corrected chi connectivity index (χ0v) is 11.1. The zero-order chi connectivity index (χ0) is 12.1. The first-order valence-electron chi connectivity index (χ1n) is 7.30. The van der Waals surface area contributed by atoms with Crippen molar-refractivity contribution in [2.75, 3.05) is 19.6 Å². The highest BCUT2D eigenvalue weighted by Crippen LogP contribution is 2.30. The number of nitrogens with one attached hydrogen (secondary N) is 1. The minimum Gasteiger partial charge on any atom is -0.341 e. The fourth-order valence-corrected chi connectivity index (χ4v) is 2.84. The predicted molar refractivity (Wildman–Crippen MR) is 69.9 cm³/mol. The van der Waals surface area contributed by atoms with E-state index in [1.807, 2.05) is 0 Å². The van der Waals surface area contributed by atoms with Gasteiger partial charge in [-0.05, 0) is 44.6 Å². The molecule has 0 aromatic rings. The van der Waals surface area contributed by atoms with Crippen LogP contribution in [0.1, 0.15) is 51.9 Å². The number of hydrogen-bond acceptors (Lipinski definition) is 2. The van der Waals surface area contributed by atoms with Gasteiger partial charge in [0.15, 0.2) is 0 Å². The lowest BCUT2D eigenvalue weighted by Gasteiger charge is -2.30. The Morgan fingerprint density at radius 2 is 2.12 bits per heavy atom. The van der Waals surface area contributed by atoms with Crippen molar-refractivity contribution in [3.8, 4) is 0 Å². The third kappa shape index (κ3) is 3.70. The van der Waals surface area contributed by atoms with Crippen LogP contribution >= 0.6 is 0 Å². The molecule has 1 heterocycles. The van der Waals surface area contributed by atoms with E-state index in [1.165, 1.54) is 32.1 Å². The Bertz CT molecular complexity index is 245. The smallest absolute Gasteiger partial charge is 0.222 e. The summed E-state index contributed by atoms with van der Waals surface area (Å²) in [5.41, 5.74) is 0. The van der Waals surface area contributed by atoms with E-state index in [4.69, 9.17) is 0 Å². The van der Waals surface area contributed by atoms with Gasteiger partial charge in [0.05, 0.1) is 0 Å². The summed E-state index contributed by atoms with van der Waals surface area (Å²) in [6, 6.07) is 0.548. The molecular weight excluding hydrogens is 212 g/mol. The average molecular weight is 238 g/mol. The van der Waals surface area contributed by atoms with Gasteiger partial charge in [-0.15, -0.1) is 0 Å². The summed E-state index contributed by atoms with van der Waals surface area (Å²) in [5, 5.41) is 3.49. The van der Waals surface area contributed by atoms with Crippen LogP contribution in [0.2, 0.25) is 0 Å². The van der Waals surface area contributed by atoms with Gasteiger partial charge in [-0.3, -0.25) is 4.79 Å². The number of carbonyl (C=O) groups is 1. The van der Waals surface area contributed by atoms with Gasteiger partial charge >= 0.3 is 0 Å². The lowest BCUT2D eigenvalue weighted by molar-refractivity contribution is -0.133. The summed E-state index contributed by atoms with van der Waals surface area (Å²) < 4.78 is 0. The molecule has 2 aliphatic rings. The van der Waals surface area contributed by atoms with Gasteiger partial charge in [0.25, 0.3) is 0 Å². The molecule has 0 aromatic heterocycles. The van der Waals surface area contributed by atoms with Crippen LogP contribution in [0, 0.1) is 5.92 Å². The van der Waals surface area contributed by atoms with Crippen molar-refractivity contribution in [3.05, 3.63) is 0 Å². The number of nitrogens with zero attached hydrogens (tertiary/aromatic N) is 1. The maximum Gasteiger partial charge on any atom is 0.222 e. The quantitative estimate of drug-likeness (QED) is 0.769. The highest BCUT2D eigenvalue weighted by atomic mass is 16.2. The third-order valence-corrected chi connectivity index (χ3v) is 4.14. The monoisotopic (exact) mass is 238 g/mol. The molecule has 1 unspecified atom stereocenters. The molecule has 1 saturated heterocycles. The van der Waals surface area contributed by atoms with Gasteiger partial charge in [-0.25, -0.2) is 0 Å². The van der Waals surface area contributed by atoms with Crippen molar-refractivity contribution in [1.82, 2.24) is 10.2 Å². The fourth-order valence-electron chi connectivity index (χ4n) is 2.84. The molecule has 3 heteroatoms. The molecule has 2 fully saturated rings. The van der Waals surface area contributed by atoms with Crippen LogP contribution in [-0.4, -0.2) is 36.5 Å². The second-order valence-electron chi connectivity index (χ2n) is 5.63. The Morgan fingerprint density at radius 3 is 2.65 bits per heavy atom. The molecule has 17 heavy (non-hydrogen) atoms. The van der Waals surface area contributed by atoms with E-state index in [0.717, 1.165) is 32.5 Å². The minimum atomic E-state index is 0.394. The van der Waals surface area contributed by atoms with E-state index in [-0.39, 0.29) is 0 Å². The molecule has 0 aromatic carbocycles. The molecule has 0 radical (unpaired) electrons. The van der Waals surface area contributed by atoms with Crippen LogP contribution in [0.15, 0.2) is 0 Å². The summed E-state index contributed by atoms with van der Waals surface area (Å²) in [7, 11) is 0. The lowest BCUT2D eigenvalue weighted by Crippen LogP contribution is -2.42. The van der Waals surface area contributed by atoms with E-state index in [9.17, 15) is 4.79 Å². The third-order valence-electron chi connectivity index (χ3n) is 4.14. The summed E-state index contributed by atoms with van der Waals surface area (Å²) in [6.07, 6.45) is 8.24. The van der Waals surface area contributed by atoms with Crippen LogP contribution in [0.5, 0.6) is 0 Å². The molecule has 1 N–H and O–H groups in total. The molecule has 98 valence electrons. The number of amides is 1. The summed E-state index contributed by atoms with van der Waals surface area (Å²) in [5.74, 6) is 1.09. The van der Waals surface area contributed by atoms with Crippen LogP contribution < -0.4 is 5.32 Å². The van der Waals surface area contributed by atoms with Gasteiger partial charge in [0, 0.05) is 25.6 Å². The van der Waals surface area contributed by atoms with Gasteiger partial charge < -0.3 is 10.2 Å². The van der Waals surface area contributed by atoms with Crippen molar-refractivity contribution in [2.24, 2.45) is 5.92 Å². The topological polar surface area (TPSA) is 32.3 Å². The molecule has 1 aliphatic carbocycles. The van der Waals surface area contributed by atoms with Crippen LogP contribution in [0.3, 0.4) is 0 Å². The molecule has 0 bridgehead atoms. The molecule has 1 saturated carbocycles. The van der Waals surface area contributed by atoms with E-state index >= 15 is 0 Å². The molecule has 2 rings (SSSR count). The van der Waals surface area contributed by atoms with Gasteiger partial charge in [-0.2, -0.15) is 0 Å². The lowest BCUT2D eigenvalue weighted by atomic mass is 9.82. The van der Waals surface area contributed by atoms with E-state index in [2.05, 4.69) is 17.1 Å². The largest absolute Gasteiger partial charge is 0.341 e. The molecule has 3 nitrogen and oxygen atoms in total. The summed E-state index contributed by atoms with van der Waals surface area (Å²) >= 11 is 0. The highest BCUT2D eigenvalue weighted by molar-refractivity contribution is 5.76. The van der Waals surface area contributed by atoms with Crippen molar-refractivity contribution in [2.45, 2.75) is 57.9 Å². The maximum absolute atomic E-state index is 12.2. The Labute approximate surface area is 105 Å². The number of hydrogen-bond donors (Lipinski definition) is 1. The normalized spacial score (nSPS) is 24.6. The van der Waals surface area contributed by atoms with Crippen molar-refractivity contribution in [1.29, 1.82) is 0 Å². The van der Waals surface area contributed by atoms with Crippen molar-refractivity contribution < 1.29 is 4.79 Å². The summed E-state index contributed by atoms with van der Waals surface area (Å²) in [4.78, 5) is 14.3. The Balaban J connectivity index is 1.78. The van der Waals surface area contributed by atoms with Crippen LogP contribution in [0.25, 0.3) is 0 Å². The standard InChI is InChI=1S/C14H26N2O/c1-2-9-16(11-13-7-4-8-15-13)14(17)10-12-5-3-6-12/h12-13,15H,2-11H2,1H3. The van der Waals surface area contributed by atoms with Gasteiger partial charge in [0.1, 0.15) is 0 Å². The second kappa shape index (κ2) is 6.39. The second-order valence-corrected chi connectivity index (χ2v) is 5.63. The van der Waals surface area contributed by atoms with Crippen LogP contribution in [0.4, 0.5) is 0 Å². The van der Waals surface area contributed by atoms with Gasteiger partial charge in [-0.1, -0.05) is 13.3 Å². The molecule has 1 aliphatic heterocycles. The first-order valence-corrected chi connectivity index (χ1v) is 7.30.